The lowest BCUT2D eigenvalue weighted by Gasteiger charge is -2.07. The first-order valence-corrected chi connectivity index (χ1v) is 7.22. The topological polar surface area (TPSA) is 94.6 Å². The van der Waals surface area contributed by atoms with E-state index >= 15 is 0 Å². The maximum absolute atomic E-state index is 12.1. The fourth-order valence-electron chi connectivity index (χ4n) is 2.12. The number of nitrogens with one attached hydrogen (secondary N) is 1. The SMILES string of the molecule is Cc1cccc(C(=O)NCCCOCc2ccco2)c1[N+](=O)[O-]. The molecule has 0 aliphatic rings. The predicted molar refractivity (Wildman–Crippen MR) is 83.1 cm³/mol. The van der Waals surface area contributed by atoms with Crippen molar-refractivity contribution in [2.75, 3.05) is 13.2 Å². The van der Waals surface area contributed by atoms with Crippen molar-refractivity contribution in [2.45, 2.75) is 20.0 Å². The molecule has 1 aromatic heterocycles. The highest BCUT2D eigenvalue weighted by Crippen LogP contribution is 2.22. The minimum Gasteiger partial charge on any atom is -0.467 e. The van der Waals surface area contributed by atoms with Crippen LogP contribution < -0.4 is 5.32 Å². The van der Waals surface area contributed by atoms with E-state index in [9.17, 15) is 14.9 Å². The number of hydrogen-bond acceptors (Lipinski definition) is 5. The second kappa shape index (κ2) is 8.09. The van der Waals surface area contributed by atoms with E-state index in [1.165, 1.54) is 6.07 Å². The van der Waals surface area contributed by atoms with Crippen LogP contribution in [0.25, 0.3) is 0 Å². The number of nitro benzene ring substituents is 1. The molecule has 7 heteroatoms. The van der Waals surface area contributed by atoms with Gasteiger partial charge < -0.3 is 14.5 Å². The lowest BCUT2D eigenvalue weighted by molar-refractivity contribution is -0.385. The fraction of sp³-hybridized carbons (Fsp3) is 0.312. The Labute approximate surface area is 133 Å². The van der Waals surface area contributed by atoms with Crippen LogP contribution in [0.5, 0.6) is 0 Å². The van der Waals surface area contributed by atoms with E-state index < -0.39 is 10.8 Å². The Hall–Kier alpha value is -2.67. The summed E-state index contributed by atoms with van der Waals surface area (Å²) in [5.41, 5.74) is 0.384. The number of para-hydroxylation sites is 1. The van der Waals surface area contributed by atoms with Gasteiger partial charge in [0.1, 0.15) is 17.9 Å². The van der Waals surface area contributed by atoms with Crippen molar-refractivity contribution in [1.29, 1.82) is 0 Å². The van der Waals surface area contributed by atoms with Crippen molar-refractivity contribution in [3.05, 3.63) is 63.6 Å². The van der Waals surface area contributed by atoms with Gasteiger partial charge in [0.25, 0.3) is 11.6 Å². The van der Waals surface area contributed by atoms with Crippen LogP contribution in [0, 0.1) is 17.0 Å². The van der Waals surface area contributed by atoms with E-state index in [2.05, 4.69) is 5.32 Å². The van der Waals surface area contributed by atoms with Crippen LogP contribution in [0.4, 0.5) is 5.69 Å². The molecule has 0 spiro atoms. The maximum atomic E-state index is 12.1. The summed E-state index contributed by atoms with van der Waals surface area (Å²) in [6.45, 7) is 2.82. The second-order valence-electron chi connectivity index (χ2n) is 4.97. The molecule has 1 N–H and O–H groups in total. The van der Waals surface area contributed by atoms with Crippen LogP contribution in [0.3, 0.4) is 0 Å². The summed E-state index contributed by atoms with van der Waals surface area (Å²) in [6, 6.07) is 8.29. The van der Waals surface area contributed by atoms with Gasteiger partial charge >= 0.3 is 0 Å². The summed E-state index contributed by atoms with van der Waals surface area (Å²) in [4.78, 5) is 22.6. The van der Waals surface area contributed by atoms with Crippen molar-refractivity contribution >= 4 is 11.6 Å². The smallest absolute Gasteiger partial charge is 0.285 e. The Bertz CT molecular complexity index is 667. The van der Waals surface area contributed by atoms with Gasteiger partial charge in [0, 0.05) is 18.7 Å². The van der Waals surface area contributed by atoms with E-state index in [1.54, 1.807) is 31.4 Å². The second-order valence-corrected chi connectivity index (χ2v) is 4.97. The van der Waals surface area contributed by atoms with Gasteiger partial charge in [-0.3, -0.25) is 14.9 Å². The Kier molecular flexibility index (Phi) is 5.87. The largest absolute Gasteiger partial charge is 0.467 e. The first-order valence-electron chi connectivity index (χ1n) is 7.22. The highest BCUT2D eigenvalue weighted by atomic mass is 16.6. The summed E-state index contributed by atoms with van der Waals surface area (Å²) >= 11 is 0. The van der Waals surface area contributed by atoms with Gasteiger partial charge in [0.2, 0.25) is 0 Å². The number of nitro groups is 1. The predicted octanol–water partition coefficient (Wildman–Crippen LogP) is 2.83. The molecule has 0 bridgehead atoms. The van der Waals surface area contributed by atoms with Crippen LogP contribution in [0.1, 0.15) is 28.1 Å². The third kappa shape index (κ3) is 4.65. The lowest BCUT2D eigenvalue weighted by Crippen LogP contribution is -2.26. The normalized spacial score (nSPS) is 10.5. The molecule has 0 fully saturated rings. The highest BCUT2D eigenvalue weighted by molar-refractivity contribution is 5.98. The molecule has 1 amide bonds. The summed E-state index contributed by atoms with van der Waals surface area (Å²) in [5.74, 6) is 0.288. The Balaban J connectivity index is 1.77. The first-order chi connectivity index (χ1) is 11.1. The molecule has 0 radical (unpaired) electrons. The number of carbonyl (C=O) groups excluding carboxylic acids is 1. The van der Waals surface area contributed by atoms with Gasteiger partial charge in [-0.05, 0) is 31.5 Å². The summed E-state index contributed by atoms with van der Waals surface area (Å²) in [6.07, 6.45) is 2.18. The number of ether oxygens (including phenoxy) is 1. The number of amides is 1. The molecule has 0 aliphatic heterocycles. The highest BCUT2D eigenvalue weighted by Gasteiger charge is 2.21. The standard InChI is InChI=1S/C16H18N2O5/c1-12-5-2-7-14(15(12)18(20)21)16(19)17-8-4-9-22-11-13-6-3-10-23-13/h2-3,5-7,10H,4,8-9,11H2,1H3,(H,17,19). The Morgan fingerprint density at radius 1 is 1.35 bits per heavy atom. The minimum absolute atomic E-state index is 0.0755. The first kappa shape index (κ1) is 16.7. The molecule has 2 rings (SSSR count). The molecule has 7 nitrogen and oxygen atoms in total. The molecule has 0 unspecified atom stereocenters. The van der Waals surface area contributed by atoms with Crippen molar-refractivity contribution in [3.63, 3.8) is 0 Å². The molecule has 23 heavy (non-hydrogen) atoms. The number of furan rings is 1. The Morgan fingerprint density at radius 2 is 2.17 bits per heavy atom. The monoisotopic (exact) mass is 318 g/mol. The van der Waals surface area contributed by atoms with E-state index in [-0.39, 0.29) is 11.3 Å². The number of rotatable bonds is 8. The Morgan fingerprint density at radius 3 is 2.87 bits per heavy atom. The summed E-state index contributed by atoms with van der Waals surface area (Å²) in [5, 5.41) is 13.7. The van der Waals surface area contributed by atoms with Crippen LogP contribution in [-0.2, 0) is 11.3 Å². The van der Waals surface area contributed by atoms with E-state index in [0.717, 1.165) is 5.76 Å². The van der Waals surface area contributed by atoms with Crippen molar-refractivity contribution in [1.82, 2.24) is 5.32 Å². The third-order valence-electron chi connectivity index (χ3n) is 3.24. The number of benzene rings is 1. The fourth-order valence-corrected chi connectivity index (χ4v) is 2.12. The van der Waals surface area contributed by atoms with E-state index in [0.29, 0.717) is 31.7 Å². The van der Waals surface area contributed by atoms with Crippen molar-refractivity contribution in [3.8, 4) is 0 Å². The van der Waals surface area contributed by atoms with Crippen LogP contribution in [-0.4, -0.2) is 24.0 Å². The van der Waals surface area contributed by atoms with Gasteiger partial charge in [0.15, 0.2) is 0 Å². The molecular weight excluding hydrogens is 300 g/mol. The van der Waals surface area contributed by atoms with E-state index in [4.69, 9.17) is 9.15 Å². The minimum atomic E-state index is -0.531. The van der Waals surface area contributed by atoms with Gasteiger partial charge in [-0.2, -0.15) is 0 Å². The van der Waals surface area contributed by atoms with Crippen molar-refractivity contribution in [2.24, 2.45) is 0 Å². The summed E-state index contributed by atoms with van der Waals surface area (Å²) in [7, 11) is 0. The molecule has 1 heterocycles. The van der Waals surface area contributed by atoms with Gasteiger partial charge in [-0.15, -0.1) is 0 Å². The zero-order valence-corrected chi connectivity index (χ0v) is 12.8. The van der Waals surface area contributed by atoms with Gasteiger partial charge in [0.05, 0.1) is 11.2 Å². The maximum Gasteiger partial charge on any atom is 0.285 e. The summed E-state index contributed by atoms with van der Waals surface area (Å²) < 4.78 is 10.5. The van der Waals surface area contributed by atoms with Gasteiger partial charge in [-0.25, -0.2) is 0 Å². The molecule has 0 aliphatic carbocycles. The van der Waals surface area contributed by atoms with Crippen molar-refractivity contribution < 1.29 is 18.9 Å². The van der Waals surface area contributed by atoms with E-state index in [1.807, 2.05) is 6.07 Å². The lowest BCUT2D eigenvalue weighted by atomic mass is 10.1. The average molecular weight is 318 g/mol. The van der Waals surface area contributed by atoms with Gasteiger partial charge in [-0.1, -0.05) is 12.1 Å². The number of aryl methyl sites for hydroxylation is 1. The molecule has 1 aromatic carbocycles. The molecule has 122 valence electrons. The molecule has 0 atom stereocenters. The number of hydrogen-bond donors (Lipinski definition) is 1. The molecule has 0 saturated carbocycles. The zero-order valence-electron chi connectivity index (χ0n) is 12.8. The van der Waals surface area contributed by atoms with Crippen LogP contribution >= 0.6 is 0 Å². The molecule has 0 saturated heterocycles. The quantitative estimate of drug-likeness (QED) is 0.459. The number of nitrogens with zero attached hydrogens (tertiary/aromatic N) is 1. The molecular formula is C16H18N2O5. The van der Waals surface area contributed by atoms with Crippen LogP contribution in [0.2, 0.25) is 0 Å². The third-order valence-corrected chi connectivity index (χ3v) is 3.24. The molecule has 2 aromatic rings. The number of carbonyl (C=O) groups is 1. The average Bonchev–Trinajstić information content (AvgIpc) is 3.03. The zero-order chi connectivity index (χ0) is 16.7. The van der Waals surface area contributed by atoms with Crippen LogP contribution in [0.15, 0.2) is 41.0 Å².